The van der Waals surface area contributed by atoms with Gasteiger partial charge in [-0.25, -0.2) is 9.78 Å². The van der Waals surface area contributed by atoms with Crippen LogP contribution in [0, 0.1) is 0 Å². The number of allylic oxidation sites excluding steroid dienone is 1. The van der Waals surface area contributed by atoms with Crippen molar-refractivity contribution in [1.82, 2.24) is 4.98 Å². The predicted octanol–water partition coefficient (Wildman–Crippen LogP) is 7.65. The van der Waals surface area contributed by atoms with Gasteiger partial charge in [-0.15, -0.1) is 0 Å². The first-order valence-electron chi connectivity index (χ1n) is 13.0. The third-order valence-electron chi connectivity index (χ3n) is 6.82. The molecule has 5 rings (SSSR count). The molecule has 1 aromatic heterocycles. The SMILES string of the molecule is CC(C)(C)c1ccc(C=C2CCCc3c2nc2ccccc2c3C(=O)OCCOc2ccccc2)cc1. The molecule has 0 amide bonds. The van der Waals surface area contributed by atoms with E-state index in [-0.39, 0.29) is 18.0 Å². The summed E-state index contributed by atoms with van der Waals surface area (Å²) in [4.78, 5) is 18.4. The lowest BCUT2D eigenvalue weighted by atomic mass is 9.85. The van der Waals surface area contributed by atoms with E-state index < -0.39 is 0 Å². The summed E-state index contributed by atoms with van der Waals surface area (Å²) in [6, 6.07) is 26.1. The Balaban J connectivity index is 1.44. The number of ether oxygens (including phenoxy) is 2. The molecule has 4 heteroatoms. The summed E-state index contributed by atoms with van der Waals surface area (Å²) in [5, 5.41) is 0.839. The fourth-order valence-electron chi connectivity index (χ4n) is 4.87. The van der Waals surface area contributed by atoms with Gasteiger partial charge in [-0.3, -0.25) is 0 Å². The van der Waals surface area contributed by atoms with Crippen LogP contribution in [0.3, 0.4) is 0 Å². The Bertz CT molecular complexity index is 1430. The summed E-state index contributed by atoms with van der Waals surface area (Å²) in [6.07, 6.45) is 4.92. The zero-order chi connectivity index (χ0) is 25.8. The molecule has 0 unspecified atom stereocenters. The van der Waals surface area contributed by atoms with Crippen LogP contribution in [0.1, 0.15) is 66.4 Å². The number of hydrogen-bond acceptors (Lipinski definition) is 4. The second kappa shape index (κ2) is 10.6. The van der Waals surface area contributed by atoms with Gasteiger partial charge in [0.2, 0.25) is 0 Å². The minimum absolute atomic E-state index is 0.116. The molecule has 1 aliphatic carbocycles. The molecular weight excluding hydrogens is 458 g/mol. The highest BCUT2D eigenvalue weighted by molar-refractivity contribution is 6.06. The van der Waals surface area contributed by atoms with E-state index >= 15 is 0 Å². The Morgan fingerprint density at radius 2 is 1.62 bits per heavy atom. The van der Waals surface area contributed by atoms with Gasteiger partial charge in [0.15, 0.2) is 0 Å². The van der Waals surface area contributed by atoms with Gasteiger partial charge in [0.05, 0.1) is 16.8 Å². The van der Waals surface area contributed by atoms with Crippen LogP contribution in [-0.2, 0) is 16.6 Å². The number of carbonyl (C=O) groups is 1. The second-order valence-corrected chi connectivity index (χ2v) is 10.5. The molecule has 37 heavy (non-hydrogen) atoms. The fourth-order valence-corrected chi connectivity index (χ4v) is 4.87. The minimum atomic E-state index is -0.317. The van der Waals surface area contributed by atoms with Crippen molar-refractivity contribution in [3.05, 3.63) is 107 Å². The highest BCUT2D eigenvalue weighted by atomic mass is 16.6. The minimum Gasteiger partial charge on any atom is -0.490 e. The number of aromatic nitrogens is 1. The molecule has 0 radical (unpaired) electrons. The molecule has 188 valence electrons. The zero-order valence-electron chi connectivity index (χ0n) is 21.8. The summed E-state index contributed by atoms with van der Waals surface area (Å²) in [5.74, 6) is 0.442. The van der Waals surface area contributed by atoms with Gasteiger partial charge in [-0.1, -0.05) is 81.4 Å². The van der Waals surface area contributed by atoms with E-state index in [9.17, 15) is 4.79 Å². The van der Waals surface area contributed by atoms with E-state index in [1.165, 1.54) is 5.56 Å². The number of hydrogen-bond donors (Lipinski definition) is 0. The number of benzene rings is 3. The number of esters is 1. The molecule has 4 nitrogen and oxygen atoms in total. The van der Waals surface area contributed by atoms with Crippen molar-refractivity contribution in [2.24, 2.45) is 0 Å². The molecule has 0 saturated heterocycles. The Kier molecular flexibility index (Phi) is 7.09. The highest BCUT2D eigenvalue weighted by Crippen LogP contribution is 2.36. The number of rotatable bonds is 6. The van der Waals surface area contributed by atoms with E-state index in [0.717, 1.165) is 58.3 Å². The van der Waals surface area contributed by atoms with Crippen LogP contribution in [-0.4, -0.2) is 24.2 Å². The lowest BCUT2D eigenvalue weighted by Gasteiger charge is -2.23. The maximum absolute atomic E-state index is 13.4. The number of pyridine rings is 1. The van der Waals surface area contributed by atoms with Crippen LogP contribution < -0.4 is 4.74 Å². The maximum Gasteiger partial charge on any atom is 0.339 e. The monoisotopic (exact) mass is 491 g/mol. The van der Waals surface area contributed by atoms with Crippen molar-refractivity contribution in [1.29, 1.82) is 0 Å². The normalized spacial score (nSPS) is 14.4. The summed E-state index contributed by atoms with van der Waals surface area (Å²) in [5.41, 5.74) is 7.08. The molecular formula is C33H33NO3. The first-order chi connectivity index (χ1) is 17.9. The smallest absolute Gasteiger partial charge is 0.339 e. The van der Waals surface area contributed by atoms with E-state index in [1.54, 1.807) is 0 Å². The van der Waals surface area contributed by atoms with Gasteiger partial charge in [0, 0.05) is 5.39 Å². The van der Waals surface area contributed by atoms with E-state index in [2.05, 4.69) is 51.1 Å². The van der Waals surface area contributed by atoms with Gasteiger partial charge in [-0.2, -0.15) is 0 Å². The maximum atomic E-state index is 13.4. The number of fused-ring (bicyclic) bond motifs is 2. The van der Waals surface area contributed by atoms with Gasteiger partial charge in [-0.05, 0) is 71.2 Å². The second-order valence-electron chi connectivity index (χ2n) is 10.5. The van der Waals surface area contributed by atoms with Gasteiger partial charge in [0.1, 0.15) is 19.0 Å². The lowest BCUT2D eigenvalue weighted by molar-refractivity contribution is 0.0451. The molecule has 4 aromatic rings. The Labute approximate surface area is 219 Å². The number of para-hydroxylation sites is 2. The topological polar surface area (TPSA) is 48.4 Å². The van der Waals surface area contributed by atoms with Crippen LogP contribution in [0.2, 0.25) is 0 Å². The van der Waals surface area contributed by atoms with Crippen molar-refractivity contribution in [3.63, 3.8) is 0 Å². The standard InChI is InChI=1S/C33H33NO3/c1-33(2,3)25-18-16-23(17-19-25)22-24-10-9-14-28-30(27-13-7-8-15-29(27)34-31(24)28)32(35)37-21-20-36-26-11-5-4-6-12-26/h4-8,11-13,15-19,22H,9-10,14,20-21H2,1-3H3. The number of carbonyl (C=O) groups excluding carboxylic acids is 1. The molecule has 0 atom stereocenters. The van der Waals surface area contributed by atoms with Crippen LogP contribution in [0.5, 0.6) is 5.75 Å². The molecule has 0 fully saturated rings. The average molecular weight is 492 g/mol. The Morgan fingerprint density at radius 3 is 2.38 bits per heavy atom. The third kappa shape index (κ3) is 5.59. The third-order valence-corrected chi connectivity index (χ3v) is 6.82. The van der Waals surface area contributed by atoms with Gasteiger partial charge in [0.25, 0.3) is 0 Å². The fraction of sp³-hybridized carbons (Fsp3) is 0.273. The molecule has 1 aliphatic rings. The summed E-state index contributed by atoms with van der Waals surface area (Å²) in [7, 11) is 0. The average Bonchev–Trinajstić information content (AvgIpc) is 2.90. The van der Waals surface area contributed by atoms with Crippen LogP contribution >= 0.6 is 0 Å². The van der Waals surface area contributed by atoms with Crippen LogP contribution in [0.25, 0.3) is 22.6 Å². The summed E-state index contributed by atoms with van der Waals surface area (Å²) >= 11 is 0. The highest BCUT2D eigenvalue weighted by Gasteiger charge is 2.26. The largest absolute Gasteiger partial charge is 0.490 e. The summed E-state index contributed by atoms with van der Waals surface area (Å²) in [6.45, 7) is 7.16. The van der Waals surface area contributed by atoms with Gasteiger partial charge < -0.3 is 9.47 Å². The number of nitrogens with zero attached hydrogens (tertiary/aromatic N) is 1. The zero-order valence-corrected chi connectivity index (χ0v) is 21.8. The molecule has 0 aliphatic heterocycles. The Hall–Kier alpha value is -3.92. The van der Waals surface area contributed by atoms with Crippen molar-refractivity contribution < 1.29 is 14.3 Å². The summed E-state index contributed by atoms with van der Waals surface area (Å²) < 4.78 is 11.4. The first-order valence-corrected chi connectivity index (χ1v) is 13.0. The van der Waals surface area contributed by atoms with Crippen molar-refractivity contribution in [2.75, 3.05) is 13.2 Å². The quantitative estimate of drug-likeness (QED) is 0.205. The van der Waals surface area contributed by atoms with Crippen molar-refractivity contribution in [2.45, 2.75) is 45.4 Å². The van der Waals surface area contributed by atoms with Crippen LogP contribution in [0.15, 0.2) is 78.9 Å². The van der Waals surface area contributed by atoms with E-state index in [1.807, 2.05) is 54.6 Å². The predicted molar refractivity (Wildman–Crippen MR) is 150 cm³/mol. The van der Waals surface area contributed by atoms with Crippen molar-refractivity contribution >= 4 is 28.5 Å². The Morgan fingerprint density at radius 1 is 0.892 bits per heavy atom. The van der Waals surface area contributed by atoms with E-state index in [0.29, 0.717) is 12.2 Å². The molecule has 0 spiro atoms. The molecule has 3 aromatic carbocycles. The lowest BCUT2D eigenvalue weighted by Crippen LogP contribution is -2.17. The first kappa shape index (κ1) is 24.8. The molecule has 0 saturated carbocycles. The molecule has 0 bridgehead atoms. The van der Waals surface area contributed by atoms with E-state index in [4.69, 9.17) is 14.5 Å². The molecule has 0 N–H and O–H groups in total. The van der Waals surface area contributed by atoms with Crippen molar-refractivity contribution in [3.8, 4) is 5.75 Å². The van der Waals surface area contributed by atoms with Gasteiger partial charge >= 0.3 is 5.97 Å². The van der Waals surface area contributed by atoms with Crippen LogP contribution in [0.4, 0.5) is 0 Å². The molecule has 1 heterocycles.